The van der Waals surface area contributed by atoms with E-state index in [-0.39, 0.29) is 0 Å². The van der Waals surface area contributed by atoms with Gasteiger partial charge in [0.2, 0.25) is 0 Å². The van der Waals surface area contributed by atoms with Gasteiger partial charge < -0.3 is 14.2 Å². The third-order valence-electron chi connectivity index (χ3n) is 13.2. The van der Waals surface area contributed by atoms with E-state index in [1.165, 1.54) is 54.9 Å². The van der Waals surface area contributed by atoms with Crippen molar-refractivity contribution >= 4 is 66.6 Å². The maximum atomic E-state index is 6.96. The van der Waals surface area contributed by atoms with Crippen LogP contribution in [0.4, 0.5) is 34.1 Å². The minimum atomic E-state index is -0.635. The van der Waals surface area contributed by atoms with Gasteiger partial charge in [-0.3, -0.25) is 0 Å². The maximum Gasteiger partial charge on any atom is 0.140 e. The largest absolute Gasteiger partial charge is 0.456 e. The lowest BCUT2D eigenvalue weighted by molar-refractivity contribution is 0.628. The van der Waals surface area contributed by atoms with Crippen LogP contribution in [-0.2, 0) is 5.41 Å². The third-order valence-corrected chi connectivity index (χ3v) is 13.2. The summed E-state index contributed by atoms with van der Waals surface area (Å²) in [5, 5.41) is 6.00. The molecular weight excluding hydrogens is 753 g/mol. The molecule has 0 aliphatic heterocycles. The van der Waals surface area contributed by atoms with E-state index in [4.69, 9.17) is 4.42 Å². The highest BCUT2D eigenvalue weighted by molar-refractivity contribution is 6.03. The number of anilines is 6. The van der Waals surface area contributed by atoms with Crippen LogP contribution in [0.3, 0.4) is 0 Å². The first-order valence-electron chi connectivity index (χ1n) is 21.3. The minimum absolute atomic E-state index is 0.635. The van der Waals surface area contributed by atoms with Gasteiger partial charge in [0.05, 0.1) is 5.41 Å². The monoisotopic (exact) mass is 790 g/mol. The van der Waals surface area contributed by atoms with E-state index >= 15 is 0 Å². The van der Waals surface area contributed by atoms with Gasteiger partial charge in [-0.15, -0.1) is 0 Å². The van der Waals surface area contributed by atoms with Crippen molar-refractivity contribution < 1.29 is 4.42 Å². The number of hydrogen-bond acceptors (Lipinski definition) is 3. The Bertz CT molecular complexity index is 3550. The summed E-state index contributed by atoms with van der Waals surface area (Å²) in [6, 6.07) is 83.9. The molecule has 0 N–H and O–H groups in total. The molecule has 0 radical (unpaired) electrons. The lowest BCUT2D eigenvalue weighted by atomic mass is 9.70. The molecule has 1 heterocycles. The van der Waals surface area contributed by atoms with Gasteiger partial charge in [-0.2, -0.15) is 0 Å². The Morgan fingerprint density at radius 1 is 0.306 bits per heavy atom. The summed E-state index contributed by atoms with van der Waals surface area (Å²) in [6.07, 6.45) is 0. The molecule has 2 aliphatic carbocycles. The molecule has 0 fully saturated rings. The predicted octanol–water partition coefficient (Wildman–Crippen LogP) is 16.0. The molecule has 11 aromatic rings. The van der Waals surface area contributed by atoms with Crippen molar-refractivity contribution in [2.45, 2.75) is 5.41 Å². The molecule has 1 atom stereocenters. The summed E-state index contributed by atoms with van der Waals surface area (Å²) >= 11 is 0. The number of furan rings is 1. The molecule has 10 aromatic carbocycles. The average molecular weight is 791 g/mol. The molecule has 2 aliphatic rings. The van der Waals surface area contributed by atoms with Gasteiger partial charge in [0.1, 0.15) is 11.3 Å². The number of nitrogens with zero attached hydrogens (tertiary/aromatic N) is 2. The molecule has 1 spiro atoms. The molecule has 1 unspecified atom stereocenters. The zero-order valence-corrected chi connectivity index (χ0v) is 33.7. The summed E-state index contributed by atoms with van der Waals surface area (Å²) in [6.45, 7) is 0. The Hall–Kier alpha value is -8.14. The summed E-state index contributed by atoms with van der Waals surface area (Å²) in [7, 11) is 0. The normalized spacial score (nSPS) is 14.5. The van der Waals surface area contributed by atoms with Gasteiger partial charge in [-0.25, -0.2) is 0 Å². The quantitative estimate of drug-likeness (QED) is 0.167. The lowest BCUT2D eigenvalue weighted by Crippen LogP contribution is -2.26. The van der Waals surface area contributed by atoms with Crippen molar-refractivity contribution in [2.24, 2.45) is 0 Å². The molecule has 0 saturated carbocycles. The molecule has 0 bridgehead atoms. The number of fused-ring (bicyclic) bond motifs is 14. The minimum Gasteiger partial charge on any atom is -0.456 e. The Labute approximate surface area is 360 Å². The first kappa shape index (κ1) is 34.7. The zero-order chi connectivity index (χ0) is 40.8. The van der Waals surface area contributed by atoms with Crippen LogP contribution in [0.1, 0.15) is 22.3 Å². The van der Waals surface area contributed by atoms with Gasteiger partial charge in [-0.05, 0) is 134 Å². The van der Waals surface area contributed by atoms with Crippen molar-refractivity contribution in [3.05, 3.63) is 253 Å². The van der Waals surface area contributed by atoms with Crippen LogP contribution < -0.4 is 9.80 Å². The maximum absolute atomic E-state index is 6.96. The topological polar surface area (TPSA) is 19.6 Å². The van der Waals surface area contributed by atoms with E-state index in [1.54, 1.807) is 0 Å². The van der Waals surface area contributed by atoms with Crippen molar-refractivity contribution in [1.82, 2.24) is 0 Å². The van der Waals surface area contributed by atoms with Gasteiger partial charge in [0.25, 0.3) is 0 Å². The van der Waals surface area contributed by atoms with Crippen molar-refractivity contribution in [1.29, 1.82) is 0 Å². The molecule has 3 heteroatoms. The fourth-order valence-corrected chi connectivity index (χ4v) is 10.6. The Morgan fingerprint density at radius 2 is 0.806 bits per heavy atom. The van der Waals surface area contributed by atoms with E-state index in [0.29, 0.717) is 0 Å². The molecular formula is C59H38N2O. The highest BCUT2D eigenvalue weighted by Gasteiger charge is 2.54. The van der Waals surface area contributed by atoms with E-state index in [0.717, 1.165) is 56.4 Å². The molecule has 3 nitrogen and oxygen atoms in total. The van der Waals surface area contributed by atoms with E-state index < -0.39 is 5.41 Å². The Kier molecular flexibility index (Phi) is 7.52. The fraction of sp³-hybridized carbons (Fsp3) is 0.0169. The second kappa shape index (κ2) is 13.4. The SMILES string of the molecule is c1ccc(N(c2ccc3c(c2)-c2ccccc2C32c3cc(N(c4ccccc4)c4ccc5ccccc5c4)ccc3-c3oc4ccccc4c32)c2ccc3ccccc3c2)cc1. The first-order valence-corrected chi connectivity index (χ1v) is 21.3. The van der Waals surface area contributed by atoms with Gasteiger partial charge in [0.15, 0.2) is 0 Å². The number of rotatable bonds is 6. The second-order valence-electron chi connectivity index (χ2n) is 16.5. The fourth-order valence-electron chi connectivity index (χ4n) is 10.6. The number of benzene rings is 10. The second-order valence-corrected chi connectivity index (χ2v) is 16.5. The van der Waals surface area contributed by atoms with Gasteiger partial charge in [0, 0.05) is 50.6 Å². The molecule has 290 valence electrons. The van der Waals surface area contributed by atoms with Crippen molar-refractivity contribution in [3.8, 4) is 22.5 Å². The van der Waals surface area contributed by atoms with Crippen molar-refractivity contribution in [2.75, 3.05) is 9.80 Å². The van der Waals surface area contributed by atoms with Gasteiger partial charge in [-0.1, -0.05) is 146 Å². The zero-order valence-electron chi connectivity index (χ0n) is 33.7. The van der Waals surface area contributed by atoms with Crippen LogP contribution in [0.2, 0.25) is 0 Å². The highest BCUT2D eigenvalue weighted by atomic mass is 16.3. The summed E-state index contributed by atoms with van der Waals surface area (Å²) in [4.78, 5) is 4.78. The van der Waals surface area contributed by atoms with Crippen LogP contribution in [0.15, 0.2) is 235 Å². The predicted molar refractivity (Wildman–Crippen MR) is 257 cm³/mol. The first-order chi connectivity index (χ1) is 30.7. The van der Waals surface area contributed by atoms with E-state index in [2.05, 4.69) is 240 Å². The number of para-hydroxylation sites is 3. The average Bonchev–Trinajstić information content (AvgIpc) is 3.96. The molecule has 13 rings (SSSR count). The van der Waals surface area contributed by atoms with Crippen molar-refractivity contribution in [3.63, 3.8) is 0 Å². The van der Waals surface area contributed by atoms with Crippen LogP contribution in [0.5, 0.6) is 0 Å². The molecule has 0 amide bonds. The number of hydrogen-bond donors (Lipinski definition) is 0. The Balaban J connectivity index is 1.07. The van der Waals surface area contributed by atoms with E-state index in [9.17, 15) is 0 Å². The molecule has 0 saturated heterocycles. The van der Waals surface area contributed by atoms with Crippen LogP contribution in [0.25, 0.3) is 55.0 Å². The van der Waals surface area contributed by atoms with Gasteiger partial charge >= 0.3 is 0 Å². The smallest absolute Gasteiger partial charge is 0.140 e. The standard InChI is InChI=1S/C59H38N2O/c1-3-19-43(20-4-1)60(45-29-27-39-15-7-9-17-41(39)35-45)47-32-34-54-52(37-47)49-23-11-13-25-53(49)59(54)55-38-48(31-33-50(55)58-57(59)51-24-12-14-26-56(51)62-58)61(44-21-5-2-6-22-44)46-30-28-40-16-8-10-18-42(40)36-46/h1-38H. The summed E-state index contributed by atoms with van der Waals surface area (Å²) in [5.41, 5.74) is 15.5. The molecule has 1 aromatic heterocycles. The summed E-state index contributed by atoms with van der Waals surface area (Å²) < 4.78 is 6.96. The highest BCUT2D eigenvalue weighted by Crippen LogP contribution is 2.66. The van der Waals surface area contributed by atoms with Crippen LogP contribution in [-0.4, -0.2) is 0 Å². The lowest BCUT2D eigenvalue weighted by Gasteiger charge is -2.32. The van der Waals surface area contributed by atoms with Crippen LogP contribution in [0, 0.1) is 0 Å². The van der Waals surface area contributed by atoms with Crippen LogP contribution >= 0.6 is 0 Å². The Morgan fingerprint density at radius 3 is 1.48 bits per heavy atom. The molecule has 62 heavy (non-hydrogen) atoms. The van der Waals surface area contributed by atoms with E-state index in [1.807, 2.05) is 0 Å². The summed E-state index contributed by atoms with van der Waals surface area (Å²) in [5.74, 6) is 0.943. The third kappa shape index (κ3) is 5.00.